The van der Waals surface area contributed by atoms with Gasteiger partial charge in [-0.05, 0) is 0 Å². The molecule has 0 amide bonds. The standard InChI is InChI=1S/C6H3ClN2O5/c7-6-4(8(11)12)1-3(10)2-5(6)9(13)14/h1-2,10H. The van der Waals surface area contributed by atoms with Crippen LogP contribution in [0, 0.1) is 20.2 Å². The number of phenols is 1. The first-order valence-electron chi connectivity index (χ1n) is 3.24. The van der Waals surface area contributed by atoms with Crippen molar-refractivity contribution in [3.05, 3.63) is 37.4 Å². The molecule has 1 rings (SSSR count). The van der Waals surface area contributed by atoms with Crippen LogP contribution in [-0.4, -0.2) is 15.0 Å². The predicted octanol–water partition coefficient (Wildman–Crippen LogP) is 1.86. The highest BCUT2D eigenvalue weighted by atomic mass is 35.5. The van der Waals surface area contributed by atoms with Crippen molar-refractivity contribution in [1.29, 1.82) is 0 Å². The summed E-state index contributed by atoms with van der Waals surface area (Å²) < 4.78 is 0. The van der Waals surface area contributed by atoms with Gasteiger partial charge in [0.2, 0.25) is 0 Å². The molecule has 1 aromatic rings. The summed E-state index contributed by atoms with van der Waals surface area (Å²) in [5, 5.41) is 29.0. The molecule has 74 valence electrons. The summed E-state index contributed by atoms with van der Waals surface area (Å²) in [6.07, 6.45) is 0. The number of aromatic hydroxyl groups is 1. The second-order valence-electron chi connectivity index (χ2n) is 2.31. The minimum Gasteiger partial charge on any atom is -0.507 e. The van der Waals surface area contributed by atoms with Gasteiger partial charge in [-0.1, -0.05) is 11.6 Å². The van der Waals surface area contributed by atoms with Crippen LogP contribution in [-0.2, 0) is 0 Å². The Morgan fingerprint density at radius 3 is 1.79 bits per heavy atom. The van der Waals surface area contributed by atoms with Crippen LogP contribution in [0.3, 0.4) is 0 Å². The van der Waals surface area contributed by atoms with Crippen molar-refractivity contribution >= 4 is 23.0 Å². The smallest absolute Gasteiger partial charge is 0.298 e. The normalized spacial score (nSPS) is 9.79. The van der Waals surface area contributed by atoms with Gasteiger partial charge >= 0.3 is 0 Å². The maximum atomic E-state index is 10.3. The molecule has 8 heteroatoms. The van der Waals surface area contributed by atoms with Crippen molar-refractivity contribution in [3.8, 4) is 5.75 Å². The van der Waals surface area contributed by atoms with E-state index in [1.807, 2.05) is 0 Å². The Morgan fingerprint density at radius 1 is 1.14 bits per heavy atom. The molecule has 0 saturated heterocycles. The molecule has 0 radical (unpaired) electrons. The number of nitrogens with zero attached hydrogens (tertiary/aromatic N) is 2. The van der Waals surface area contributed by atoms with Crippen molar-refractivity contribution < 1.29 is 15.0 Å². The fourth-order valence-electron chi connectivity index (χ4n) is 0.845. The summed E-state index contributed by atoms with van der Waals surface area (Å²) in [5.74, 6) is -0.576. The molecule has 0 spiro atoms. The molecule has 0 aliphatic rings. The first-order chi connectivity index (χ1) is 6.43. The molecule has 14 heavy (non-hydrogen) atoms. The largest absolute Gasteiger partial charge is 0.507 e. The highest BCUT2D eigenvalue weighted by molar-refractivity contribution is 6.34. The Hall–Kier alpha value is -1.89. The summed E-state index contributed by atoms with van der Waals surface area (Å²) in [4.78, 5) is 18.9. The zero-order valence-electron chi connectivity index (χ0n) is 6.51. The van der Waals surface area contributed by atoms with Gasteiger partial charge in [-0.25, -0.2) is 0 Å². The maximum absolute atomic E-state index is 10.3. The molecule has 0 bridgehead atoms. The van der Waals surface area contributed by atoms with E-state index in [0.29, 0.717) is 0 Å². The Morgan fingerprint density at radius 2 is 1.50 bits per heavy atom. The van der Waals surface area contributed by atoms with Crippen molar-refractivity contribution in [3.63, 3.8) is 0 Å². The van der Waals surface area contributed by atoms with Gasteiger partial charge in [-0.3, -0.25) is 20.2 Å². The van der Waals surface area contributed by atoms with Crippen LogP contribution in [0.15, 0.2) is 12.1 Å². The molecule has 0 aromatic heterocycles. The van der Waals surface area contributed by atoms with E-state index in [-0.39, 0.29) is 0 Å². The van der Waals surface area contributed by atoms with Crippen LogP contribution in [0.5, 0.6) is 5.75 Å². The van der Waals surface area contributed by atoms with E-state index >= 15 is 0 Å². The van der Waals surface area contributed by atoms with Crippen molar-refractivity contribution in [2.75, 3.05) is 0 Å². The van der Waals surface area contributed by atoms with Gasteiger partial charge in [0.05, 0.1) is 22.0 Å². The molecular weight excluding hydrogens is 216 g/mol. The number of hydrogen-bond donors (Lipinski definition) is 1. The van der Waals surface area contributed by atoms with E-state index in [1.54, 1.807) is 0 Å². The van der Waals surface area contributed by atoms with Crippen LogP contribution in [0.2, 0.25) is 5.02 Å². The third-order valence-electron chi connectivity index (χ3n) is 1.41. The Bertz CT molecular complexity index is 384. The minimum absolute atomic E-state index is 0.576. The highest BCUT2D eigenvalue weighted by Crippen LogP contribution is 2.36. The second kappa shape index (κ2) is 3.46. The number of phenolic OH excluding ortho intramolecular Hbond substituents is 1. The van der Waals surface area contributed by atoms with Gasteiger partial charge in [0.25, 0.3) is 11.4 Å². The molecule has 0 fully saturated rings. The summed E-state index contributed by atoms with van der Waals surface area (Å²) >= 11 is 5.38. The number of hydrogen-bond acceptors (Lipinski definition) is 5. The molecule has 7 nitrogen and oxygen atoms in total. The van der Waals surface area contributed by atoms with Crippen LogP contribution >= 0.6 is 11.6 Å². The first-order valence-corrected chi connectivity index (χ1v) is 3.62. The van der Waals surface area contributed by atoms with Crippen LogP contribution < -0.4 is 0 Å². The quantitative estimate of drug-likeness (QED) is 0.602. The average molecular weight is 219 g/mol. The lowest BCUT2D eigenvalue weighted by Gasteiger charge is -1.97. The lowest BCUT2D eigenvalue weighted by Crippen LogP contribution is -1.94. The molecule has 0 saturated carbocycles. The number of nitro groups is 2. The number of benzene rings is 1. The van der Waals surface area contributed by atoms with Gasteiger partial charge in [0, 0.05) is 0 Å². The van der Waals surface area contributed by atoms with E-state index in [4.69, 9.17) is 16.7 Å². The van der Waals surface area contributed by atoms with E-state index in [0.717, 1.165) is 12.1 Å². The van der Waals surface area contributed by atoms with E-state index in [2.05, 4.69) is 0 Å². The summed E-state index contributed by atoms with van der Waals surface area (Å²) in [6.45, 7) is 0. The first kappa shape index (κ1) is 10.2. The number of rotatable bonds is 2. The molecule has 1 aromatic carbocycles. The average Bonchev–Trinajstić information content (AvgIpc) is 2.07. The Labute approximate surface area is 81.8 Å². The zero-order chi connectivity index (χ0) is 10.9. The third-order valence-corrected chi connectivity index (χ3v) is 1.80. The zero-order valence-corrected chi connectivity index (χ0v) is 7.26. The molecule has 1 N–H and O–H groups in total. The van der Waals surface area contributed by atoms with Crippen LogP contribution in [0.1, 0.15) is 0 Å². The van der Waals surface area contributed by atoms with Crippen molar-refractivity contribution in [2.24, 2.45) is 0 Å². The molecule has 0 unspecified atom stereocenters. The van der Waals surface area contributed by atoms with Gasteiger partial charge in [0.15, 0.2) is 5.02 Å². The van der Waals surface area contributed by atoms with E-state index < -0.39 is 32.0 Å². The molecule has 0 aliphatic heterocycles. The van der Waals surface area contributed by atoms with Gasteiger partial charge in [-0.2, -0.15) is 0 Å². The Kier molecular flexibility index (Phi) is 2.52. The van der Waals surface area contributed by atoms with Crippen molar-refractivity contribution in [1.82, 2.24) is 0 Å². The predicted molar refractivity (Wildman–Crippen MR) is 46.4 cm³/mol. The van der Waals surface area contributed by atoms with Gasteiger partial charge in [-0.15, -0.1) is 0 Å². The van der Waals surface area contributed by atoms with E-state index in [1.165, 1.54) is 0 Å². The van der Waals surface area contributed by atoms with Crippen LogP contribution in [0.4, 0.5) is 11.4 Å². The van der Waals surface area contributed by atoms with Gasteiger partial charge in [0.1, 0.15) is 5.75 Å². The number of halogens is 1. The summed E-state index contributed by atoms with van der Waals surface area (Å²) in [5.41, 5.74) is -1.39. The molecular formula is C6H3ClN2O5. The monoisotopic (exact) mass is 218 g/mol. The summed E-state index contributed by atoms with van der Waals surface area (Å²) in [6, 6.07) is 1.49. The minimum atomic E-state index is -0.908. The maximum Gasteiger partial charge on any atom is 0.298 e. The fourth-order valence-corrected chi connectivity index (χ4v) is 1.09. The lowest BCUT2D eigenvalue weighted by molar-refractivity contribution is -0.394. The van der Waals surface area contributed by atoms with Gasteiger partial charge < -0.3 is 5.11 Å². The molecule has 0 atom stereocenters. The second-order valence-corrected chi connectivity index (χ2v) is 2.69. The molecule has 0 heterocycles. The highest BCUT2D eigenvalue weighted by Gasteiger charge is 2.24. The SMILES string of the molecule is O=[N+]([O-])c1cc(O)cc([N+](=O)[O-])c1Cl. The Balaban J connectivity index is 3.47. The van der Waals surface area contributed by atoms with Crippen LogP contribution in [0.25, 0.3) is 0 Å². The van der Waals surface area contributed by atoms with E-state index in [9.17, 15) is 20.2 Å². The lowest BCUT2D eigenvalue weighted by atomic mass is 10.2. The number of nitro benzene ring substituents is 2. The summed E-state index contributed by atoms with van der Waals surface area (Å²) in [7, 11) is 0. The fraction of sp³-hybridized carbons (Fsp3) is 0. The third kappa shape index (κ3) is 1.72. The van der Waals surface area contributed by atoms with Crippen molar-refractivity contribution in [2.45, 2.75) is 0 Å². The molecule has 0 aliphatic carbocycles. The topological polar surface area (TPSA) is 107 Å².